The number of amidine groups is 1. The Morgan fingerprint density at radius 2 is 1.72 bits per heavy atom. The van der Waals surface area contributed by atoms with E-state index < -0.39 is 28.4 Å². The smallest absolute Gasteiger partial charge is 0.285 e. The van der Waals surface area contributed by atoms with Crippen molar-refractivity contribution in [2.45, 2.75) is 13.0 Å². The van der Waals surface area contributed by atoms with E-state index in [1.165, 1.54) is 23.1 Å². The number of carbonyl (C=O) groups is 3. The van der Waals surface area contributed by atoms with Crippen molar-refractivity contribution in [3.05, 3.63) is 142 Å². The molecule has 2 heterocycles. The molecule has 3 aromatic rings. The number of rotatable bonds is 10. The van der Waals surface area contributed by atoms with Crippen LogP contribution in [-0.4, -0.2) is 45.3 Å². The minimum Gasteiger partial charge on any atom is -0.454 e. The summed E-state index contributed by atoms with van der Waals surface area (Å²) in [4.78, 5) is 57.1. The van der Waals surface area contributed by atoms with E-state index in [-0.39, 0.29) is 46.4 Å². The molecule has 12 heteroatoms. The highest BCUT2D eigenvalue weighted by atomic mass is 32.2. The molecule has 0 atom stereocenters. The van der Waals surface area contributed by atoms with Crippen molar-refractivity contribution < 1.29 is 28.8 Å². The molecule has 232 valence electrons. The van der Waals surface area contributed by atoms with E-state index in [1.54, 1.807) is 25.2 Å². The molecular weight excluding hydrogens is 608 g/mol. The zero-order valence-electron chi connectivity index (χ0n) is 24.6. The summed E-state index contributed by atoms with van der Waals surface area (Å²) in [5, 5.41) is 14.8. The largest absolute Gasteiger partial charge is 0.454 e. The molecule has 0 spiro atoms. The number of allylic oxidation sites excluding steroid dienone is 4. The van der Waals surface area contributed by atoms with E-state index >= 15 is 0 Å². The number of benzene rings is 3. The number of thioether (sulfide) groups is 1. The number of nitrogens with zero attached hydrogens (tertiary/aromatic N) is 3. The van der Waals surface area contributed by atoms with E-state index in [2.05, 4.69) is 16.9 Å². The molecule has 0 saturated carbocycles. The first-order chi connectivity index (χ1) is 22.3. The van der Waals surface area contributed by atoms with Crippen LogP contribution in [0.2, 0.25) is 0 Å². The number of nitro benzene ring substituents is 1. The predicted molar refractivity (Wildman–Crippen MR) is 175 cm³/mol. The molecule has 0 aromatic heterocycles. The first-order valence-electron chi connectivity index (χ1n) is 14.1. The lowest BCUT2D eigenvalue weighted by atomic mass is 9.99. The lowest BCUT2D eigenvalue weighted by Crippen LogP contribution is -2.42. The maximum absolute atomic E-state index is 13.9. The first kappa shape index (κ1) is 31.7. The van der Waals surface area contributed by atoms with E-state index in [4.69, 9.17) is 9.47 Å². The third-order valence-corrected chi connectivity index (χ3v) is 7.87. The summed E-state index contributed by atoms with van der Waals surface area (Å²) in [6.07, 6.45) is 7.46. The van der Waals surface area contributed by atoms with Gasteiger partial charge in [0.2, 0.25) is 12.7 Å². The van der Waals surface area contributed by atoms with Gasteiger partial charge in [-0.3, -0.25) is 29.4 Å². The Labute approximate surface area is 268 Å². The van der Waals surface area contributed by atoms with Gasteiger partial charge in [0.25, 0.3) is 17.5 Å². The fourth-order valence-electron chi connectivity index (χ4n) is 4.77. The molecule has 0 fully saturated rings. The van der Waals surface area contributed by atoms with Crippen molar-refractivity contribution in [3.8, 4) is 11.5 Å². The Bertz CT molecular complexity index is 1780. The Morgan fingerprint density at radius 3 is 2.30 bits per heavy atom. The van der Waals surface area contributed by atoms with Crippen LogP contribution >= 0.6 is 11.8 Å². The maximum Gasteiger partial charge on any atom is 0.285 e. The van der Waals surface area contributed by atoms with Gasteiger partial charge in [-0.15, -0.1) is 0 Å². The zero-order chi connectivity index (χ0) is 32.6. The molecule has 1 N–H and O–H groups in total. The van der Waals surface area contributed by atoms with Gasteiger partial charge in [-0.25, -0.2) is 0 Å². The highest BCUT2D eigenvalue weighted by Crippen LogP contribution is 2.39. The van der Waals surface area contributed by atoms with Crippen LogP contribution in [0, 0.1) is 10.1 Å². The van der Waals surface area contributed by atoms with Crippen LogP contribution in [0.4, 0.5) is 5.69 Å². The summed E-state index contributed by atoms with van der Waals surface area (Å²) >= 11 is 0.913. The van der Waals surface area contributed by atoms with E-state index in [0.29, 0.717) is 5.70 Å². The Hall–Kier alpha value is -5.75. The summed E-state index contributed by atoms with van der Waals surface area (Å²) in [6, 6.07) is 21.1. The average molecular weight is 637 g/mol. The summed E-state index contributed by atoms with van der Waals surface area (Å²) in [6.45, 7) is 5.24. The Balaban J connectivity index is 1.45. The van der Waals surface area contributed by atoms with Crippen molar-refractivity contribution in [3.63, 3.8) is 0 Å². The quantitative estimate of drug-likeness (QED) is 0.0980. The minimum absolute atomic E-state index is 0.0275. The number of nitrogens with one attached hydrogen (secondary N) is 1. The third-order valence-electron chi connectivity index (χ3n) is 6.93. The molecular formula is C34H28N4O7S. The Kier molecular flexibility index (Phi) is 9.88. The number of nitro groups is 1. The van der Waals surface area contributed by atoms with Crippen LogP contribution < -0.4 is 14.8 Å². The molecule has 5 rings (SSSR count). The number of ether oxygens (including phenoxy) is 2. The number of fused-ring (bicyclic) bond motifs is 1. The molecule has 3 amide bonds. The topological polar surface area (TPSA) is 140 Å². The number of carbonyl (C=O) groups excluding carboxylic acids is 3. The van der Waals surface area contributed by atoms with E-state index in [1.807, 2.05) is 60.7 Å². The maximum atomic E-state index is 13.9. The van der Waals surface area contributed by atoms with Crippen molar-refractivity contribution in [2.75, 3.05) is 12.5 Å². The molecule has 0 saturated heterocycles. The van der Waals surface area contributed by atoms with Crippen molar-refractivity contribution in [2.24, 2.45) is 4.99 Å². The lowest BCUT2D eigenvalue weighted by Gasteiger charge is -2.28. The molecule has 2 aliphatic rings. The van der Waals surface area contributed by atoms with Crippen molar-refractivity contribution in [1.29, 1.82) is 0 Å². The number of hydrogen-bond donors (Lipinski definition) is 1. The van der Waals surface area contributed by atoms with Gasteiger partial charge in [0, 0.05) is 5.70 Å². The number of aliphatic imine (C=N–C) groups is 1. The summed E-state index contributed by atoms with van der Waals surface area (Å²) in [7, 11) is 0. The monoisotopic (exact) mass is 636 g/mol. The van der Waals surface area contributed by atoms with Gasteiger partial charge in [-0.1, -0.05) is 97.2 Å². The molecule has 3 aromatic carbocycles. The molecule has 11 nitrogen and oxygen atoms in total. The van der Waals surface area contributed by atoms with Gasteiger partial charge in [0.15, 0.2) is 16.7 Å². The lowest BCUT2D eigenvalue weighted by molar-refractivity contribution is -0.385. The van der Waals surface area contributed by atoms with E-state index in [0.717, 1.165) is 29.0 Å². The predicted octanol–water partition coefficient (Wildman–Crippen LogP) is 5.72. The second-order valence-electron chi connectivity index (χ2n) is 9.84. The summed E-state index contributed by atoms with van der Waals surface area (Å²) in [5.41, 5.74) is 1.29. The normalized spacial score (nSPS) is 15.4. The van der Waals surface area contributed by atoms with E-state index in [9.17, 15) is 24.5 Å². The molecule has 0 unspecified atom stereocenters. The van der Waals surface area contributed by atoms with Gasteiger partial charge in [0.05, 0.1) is 28.3 Å². The minimum atomic E-state index is -0.911. The average Bonchev–Trinajstić information content (AvgIpc) is 3.53. The van der Waals surface area contributed by atoms with Gasteiger partial charge < -0.3 is 14.8 Å². The van der Waals surface area contributed by atoms with Crippen molar-refractivity contribution >= 4 is 46.4 Å². The zero-order valence-corrected chi connectivity index (χ0v) is 25.4. The summed E-state index contributed by atoms with van der Waals surface area (Å²) < 4.78 is 10.6. The number of hydrogen-bond acceptors (Lipinski definition) is 8. The highest BCUT2D eigenvalue weighted by Gasteiger charge is 2.36. The van der Waals surface area contributed by atoms with Crippen LogP contribution in [0.25, 0.3) is 6.08 Å². The molecule has 0 radical (unpaired) electrons. The van der Waals surface area contributed by atoms with Crippen LogP contribution in [0.3, 0.4) is 0 Å². The van der Waals surface area contributed by atoms with Crippen LogP contribution in [-0.2, 0) is 14.4 Å². The van der Waals surface area contributed by atoms with Gasteiger partial charge in [-0.05, 0) is 36.3 Å². The first-order valence-corrected chi connectivity index (χ1v) is 15.0. The summed E-state index contributed by atoms with van der Waals surface area (Å²) in [5.74, 6) is -1.79. The fraction of sp³-hybridized carbons (Fsp3) is 0.118. The molecule has 0 bridgehead atoms. The molecule has 46 heavy (non-hydrogen) atoms. The van der Waals surface area contributed by atoms with Gasteiger partial charge in [-0.2, -0.15) is 4.99 Å². The second-order valence-corrected chi connectivity index (χ2v) is 10.8. The van der Waals surface area contributed by atoms with Crippen LogP contribution in [0.1, 0.15) is 29.7 Å². The van der Waals surface area contributed by atoms with Crippen molar-refractivity contribution in [1.82, 2.24) is 10.2 Å². The highest BCUT2D eigenvalue weighted by molar-refractivity contribution is 8.14. The molecule has 2 aliphatic heterocycles. The SMILES string of the molecule is C=C/C=C\C(=C/C)N1C(=O)/C(=C\c2cc3c(cc2[N+](=O)[O-])OCO3)C(=O)N=C1SCC(=O)NC(c1ccccc1)c1ccccc1. The fourth-order valence-corrected chi connectivity index (χ4v) is 5.58. The molecule has 0 aliphatic carbocycles. The van der Waals surface area contributed by atoms with Gasteiger partial charge >= 0.3 is 0 Å². The second kappa shape index (κ2) is 14.4. The standard InChI is InChI=1S/C34H28N4O7S/c1-3-5-16-25(4-2)37-33(41)26(17-24-18-28-29(45-21-44-28)19-27(24)38(42)43)32(40)36-34(37)46-20-30(39)35-31(22-12-8-6-9-13-22)23-14-10-7-11-15-23/h3-19,31H,1,20-21H2,2H3,(H,35,39)/b16-5-,25-4+,26-17-. The number of amides is 3. The Morgan fingerprint density at radius 1 is 1.09 bits per heavy atom. The van der Waals surface area contributed by atoms with Crippen LogP contribution in [0.15, 0.2) is 120 Å². The van der Waals surface area contributed by atoms with Gasteiger partial charge in [0.1, 0.15) is 5.57 Å². The third kappa shape index (κ3) is 6.97. The van der Waals surface area contributed by atoms with Crippen LogP contribution in [0.5, 0.6) is 11.5 Å².